The van der Waals surface area contributed by atoms with Crippen molar-refractivity contribution >= 4 is 16.5 Å². The van der Waals surface area contributed by atoms with E-state index in [9.17, 15) is 4.79 Å². The lowest BCUT2D eigenvalue weighted by Gasteiger charge is -2.29. The first-order chi connectivity index (χ1) is 16.0. The molecule has 1 saturated heterocycles. The van der Waals surface area contributed by atoms with Crippen LogP contribution in [0.15, 0.2) is 71.5 Å². The Hall–Kier alpha value is -3.44. The molecular formula is C28H29N3O2. The zero-order valence-electron chi connectivity index (χ0n) is 19.4. The topological polar surface area (TPSA) is 47.4 Å². The molecule has 1 aromatic heterocycles. The second-order valence-corrected chi connectivity index (χ2v) is 8.96. The van der Waals surface area contributed by atoms with Crippen LogP contribution in [0.25, 0.3) is 27.7 Å². The highest BCUT2D eigenvalue weighted by Gasteiger charge is 2.17. The fourth-order valence-corrected chi connectivity index (χ4v) is 4.46. The summed E-state index contributed by atoms with van der Waals surface area (Å²) in [4.78, 5) is 15.9. The highest BCUT2D eigenvalue weighted by atomic mass is 16.5. The van der Waals surface area contributed by atoms with Gasteiger partial charge in [0, 0.05) is 29.7 Å². The quantitative estimate of drug-likeness (QED) is 0.432. The van der Waals surface area contributed by atoms with Gasteiger partial charge in [0.1, 0.15) is 0 Å². The molecule has 0 spiro atoms. The van der Waals surface area contributed by atoms with Crippen molar-refractivity contribution < 1.29 is 4.74 Å². The summed E-state index contributed by atoms with van der Waals surface area (Å²) in [6.45, 7) is 9.52. The fraction of sp³-hybridized carbons (Fsp3) is 0.286. The molecule has 0 radical (unpaired) electrons. The number of ether oxygens (including phenoxy) is 1. The van der Waals surface area contributed by atoms with Gasteiger partial charge in [0.25, 0.3) is 5.56 Å². The minimum atomic E-state index is -0.100. The molecule has 0 unspecified atom stereocenters. The zero-order chi connectivity index (χ0) is 22.9. The van der Waals surface area contributed by atoms with Crippen molar-refractivity contribution in [1.29, 1.82) is 0 Å². The lowest BCUT2D eigenvalue weighted by molar-refractivity contribution is 0.122. The molecule has 33 heavy (non-hydrogen) atoms. The van der Waals surface area contributed by atoms with Crippen LogP contribution in [0, 0.1) is 6.92 Å². The molecule has 168 valence electrons. The van der Waals surface area contributed by atoms with Gasteiger partial charge in [0.2, 0.25) is 0 Å². The van der Waals surface area contributed by atoms with Gasteiger partial charge in [-0.3, -0.25) is 4.79 Å². The van der Waals surface area contributed by atoms with E-state index in [4.69, 9.17) is 9.84 Å². The maximum Gasteiger partial charge on any atom is 0.279 e. The third-order valence-corrected chi connectivity index (χ3v) is 6.43. The number of aryl methyl sites for hydroxylation is 1. The molecule has 2 heterocycles. The average Bonchev–Trinajstić information content (AvgIpc) is 2.85. The van der Waals surface area contributed by atoms with E-state index in [2.05, 4.69) is 61.2 Å². The standard InChI is InChI=1S/C28H29N3O2/c1-19(2)21-7-6-8-22(17-21)27-24-9-4-5-10-25(24)28(32)31(29-27)26-18-23(12-11-20(26)3)30-13-15-33-16-14-30/h4-12,17-19H,13-16H2,1-3H3. The molecule has 0 amide bonds. The Kier molecular flexibility index (Phi) is 5.73. The number of hydrogen-bond acceptors (Lipinski definition) is 4. The van der Waals surface area contributed by atoms with E-state index in [1.165, 1.54) is 5.56 Å². The Morgan fingerprint density at radius 3 is 2.42 bits per heavy atom. The van der Waals surface area contributed by atoms with Crippen LogP contribution in [-0.4, -0.2) is 36.1 Å². The number of benzene rings is 3. The van der Waals surface area contributed by atoms with Crippen LogP contribution in [0.1, 0.15) is 30.9 Å². The summed E-state index contributed by atoms with van der Waals surface area (Å²) in [6, 6.07) is 22.5. The molecule has 5 heteroatoms. The van der Waals surface area contributed by atoms with Gasteiger partial charge >= 0.3 is 0 Å². The smallest absolute Gasteiger partial charge is 0.279 e. The van der Waals surface area contributed by atoms with E-state index in [-0.39, 0.29) is 5.56 Å². The Morgan fingerprint density at radius 1 is 0.909 bits per heavy atom. The first-order valence-corrected chi connectivity index (χ1v) is 11.6. The largest absolute Gasteiger partial charge is 0.378 e. The fourth-order valence-electron chi connectivity index (χ4n) is 4.46. The Balaban J connectivity index is 1.73. The number of fused-ring (bicyclic) bond motifs is 1. The van der Waals surface area contributed by atoms with Crippen LogP contribution in [0.2, 0.25) is 0 Å². The summed E-state index contributed by atoms with van der Waals surface area (Å²) in [5.74, 6) is 0.412. The zero-order valence-corrected chi connectivity index (χ0v) is 19.4. The molecule has 4 aromatic rings. The van der Waals surface area contributed by atoms with Crippen LogP contribution in [0.5, 0.6) is 0 Å². The van der Waals surface area contributed by atoms with Crippen molar-refractivity contribution in [2.45, 2.75) is 26.7 Å². The summed E-state index contributed by atoms with van der Waals surface area (Å²) >= 11 is 0. The lowest BCUT2D eigenvalue weighted by Crippen LogP contribution is -2.36. The van der Waals surface area contributed by atoms with Crippen molar-refractivity contribution in [3.8, 4) is 16.9 Å². The van der Waals surface area contributed by atoms with Crippen LogP contribution in [0.4, 0.5) is 5.69 Å². The molecule has 3 aromatic carbocycles. The van der Waals surface area contributed by atoms with Gasteiger partial charge in [0.15, 0.2) is 0 Å². The van der Waals surface area contributed by atoms with Gasteiger partial charge in [-0.1, -0.05) is 56.3 Å². The second kappa shape index (κ2) is 8.83. The Morgan fingerprint density at radius 2 is 1.67 bits per heavy atom. The summed E-state index contributed by atoms with van der Waals surface area (Å²) in [6.07, 6.45) is 0. The molecule has 1 aliphatic heterocycles. The molecular weight excluding hydrogens is 410 g/mol. The summed E-state index contributed by atoms with van der Waals surface area (Å²) in [5, 5.41) is 6.50. The second-order valence-electron chi connectivity index (χ2n) is 8.96. The highest BCUT2D eigenvalue weighted by Crippen LogP contribution is 2.29. The number of morpholine rings is 1. The Labute approximate surface area is 194 Å². The average molecular weight is 440 g/mol. The molecule has 1 aliphatic rings. The summed E-state index contributed by atoms with van der Waals surface area (Å²) in [7, 11) is 0. The molecule has 1 fully saturated rings. The van der Waals surface area contributed by atoms with Crippen LogP contribution in [0.3, 0.4) is 0 Å². The molecule has 0 atom stereocenters. The van der Waals surface area contributed by atoms with Crippen molar-refractivity contribution in [2.75, 3.05) is 31.2 Å². The SMILES string of the molecule is Cc1ccc(N2CCOCC2)cc1-n1nc(-c2cccc(C(C)C)c2)c2ccccc2c1=O. The van der Waals surface area contributed by atoms with Crippen molar-refractivity contribution in [3.63, 3.8) is 0 Å². The molecule has 0 bridgehead atoms. The number of hydrogen-bond donors (Lipinski definition) is 0. The predicted octanol–water partition coefficient (Wildman–Crippen LogP) is 5.32. The van der Waals surface area contributed by atoms with Crippen molar-refractivity contribution in [3.05, 3.63) is 88.2 Å². The van der Waals surface area contributed by atoms with Crippen LogP contribution >= 0.6 is 0 Å². The van der Waals surface area contributed by atoms with Crippen LogP contribution < -0.4 is 10.5 Å². The third-order valence-electron chi connectivity index (χ3n) is 6.43. The predicted molar refractivity (Wildman–Crippen MR) is 135 cm³/mol. The van der Waals surface area contributed by atoms with Gasteiger partial charge in [-0.05, 0) is 48.2 Å². The van der Waals surface area contributed by atoms with E-state index in [0.29, 0.717) is 24.5 Å². The first-order valence-electron chi connectivity index (χ1n) is 11.6. The van der Waals surface area contributed by atoms with Gasteiger partial charge in [0.05, 0.1) is 30.0 Å². The third kappa shape index (κ3) is 4.05. The maximum absolute atomic E-state index is 13.6. The van der Waals surface area contributed by atoms with Gasteiger partial charge in [-0.15, -0.1) is 0 Å². The minimum absolute atomic E-state index is 0.100. The van der Waals surface area contributed by atoms with E-state index >= 15 is 0 Å². The molecule has 0 aliphatic carbocycles. The highest BCUT2D eigenvalue weighted by molar-refractivity contribution is 5.94. The number of anilines is 1. The maximum atomic E-state index is 13.6. The normalized spacial score (nSPS) is 14.2. The van der Waals surface area contributed by atoms with E-state index in [1.54, 1.807) is 4.68 Å². The molecule has 5 rings (SSSR count). The van der Waals surface area contributed by atoms with Gasteiger partial charge in [-0.2, -0.15) is 9.78 Å². The first kappa shape index (κ1) is 21.4. The van der Waals surface area contributed by atoms with E-state index in [1.807, 2.05) is 31.2 Å². The Bertz CT molecular complexity index is 1370. The minimum Gasteiger partial charge on any atom is -0.378 e. The monoisotopic (exact) mass is 439 g/mol. The summed E-state index contributed by atoms with van der Waals surface area (Å²) < 4.78 is 7.09. The lowest BCUT2D eigenvalue weighted by atomic mass is 9.98. The van der Waals surface area contributed by atoms with Gasteiger partial charge < -0.3 is 9.64 Å². The van der Waals surface area contributed by atoms with Crippen molar-refractivity contribution in [2.24, 2.45) is 0 Å². The molecule has 5 nitrogen and oxygen atoms in total. The van der Waals surface area contributed by atoms with Crippen LogP contribution in [-0.2, 0) is 4.74 Å². The molecule has 0 saturated carbocycles. The van der Waals surface area contributed by atoms with Gasteiger partial charge in [-0.25, -0.2) is 0 Å². The summed E-state index contributed by atoms with van der Waals surface area (Å²) in [5.41, 5.74) is 5.91. The van der Waals surface area contributed by atoms with E-state index < -0.39 is 0 Å². The molecule has 0 N–H and O–H groups in total. The van der Waals surface area contributed by atoms with Crippen molar-refractivity contribution in [1.82, 2.24) is 9.78 Å². The number of aromatic nitrogens is 2. The number of nitrogens with zero attached hydrogens (tertiary/aromatic N) is 3. The number of rotatable bonds is 4. The van der Waals surface area contributed by atoms with E-state index in [0.717, 1.165) is 46.7 Å².